The molecule has 0 N–H and O–H groups in total. The highest BCUT2D eigenvalue weighted by atomic mass is 35.5. The van der Waals surface area contributed by atoms with Crippen LogP contribution in [0.15, 0.2) is 24.3 Å². The number of hydrogen-bond acceptors (Lipinski definition) is 4. The van der Waals surface area contributed by atoms with Crippen LogP contribution in [-0.2, 0) is 4.74 Å². The Morgan fingerprint density at radius 1 is 1.41 bits per heavy atom. The van der Waals surface area contributed by atoms with E-state index >= 15 is 0 Å². The molecule has 0 aliphatic carbocycles. The minimum atomic E-state index is -0.384. The number of nitrogens with zero attached hydrogens (tertiary/aromatic N) is 1. The van der Waals surface area contributed by atoms with Gasteiger partial charge in [-0.15, -0.1) is 11.3 Å². The first-order valence-electron chi connectivity index (χ1n) is 4.94. The Morgan fingerprint density at radius 3 is 2.76 bits per heavy atom. The molecule has 0 aliphatic heterocycles. The van der Waals surface area contributed by atoms with Crippen LogP contribution in [0.5, 0.6) is 0 Å². The quantitative estimate of drug-likeness (QED) is 0.781. The SMILES string of the molecule is COC(=O)c1sc(C)nc1-c1ccccc1Cl. The van der Waals surface area contributed by atoms with Gasteiger partial charge < -0.3 is 4.74 Å². The van der Waals surface area contributed by atoms with Gasteiger partial charge in [0.1, 0.15) is 4.88 Å². The van der Waals surface area contributed by atoms with E-state index in [1.165, 1.54) is 18.4 Å². The third-order valence-electron chi connectivity index (χ3n) is 2.23. The maximum absolute atomic E-state index is 11.6. The third kappa shape index (κ3) is 2.33. The van der Waals surface area contributed by atoms with Gasteiger partial charge in [0.25, 0.3) is 0 Å². The Labute approximate surface area is 108 Å². The summed E-state index contributed by atoms with van der Waals surface area (Å²) in [5.41, 5.74) is 1.34. The zero-order valence-electron chi connectivity index (χ0n) is 9.36. The normalized spacial score (nSPS) is 10.3. The number of carbonyl (C=O) groups excluding carboxylic acids is 1. The van der Waals surface area contributed by atoms with Crippen LogP contribution in [0.1, 0.15) is 14.7 Å². The second kappa shape index (κ2) is 4.85. The standard InChI is InChI=1S/C12H10ClNO2S/c1-7-14-10(11(17-7)12(15)16-2)8-5-3-4-6-9(8)13/h3-6H,1-2H3. The number of benzene rings is 1. The van der Waals surface area contributed by atoms with E-state index in [0.717, 1.165) is 10.6 Å². The first-order chi connectivity index (χ1) is 8.13. The molecule has 88 valence electrons. The number of aromatic nitrogens is 1. The summed E-state index contributed by atoms with van der Waals surface area (Å²) in [6, 6.07) is 7.30. The topological polar surface area (TPSA) is 39.2 Å². The van der Waals surface area contributed by atoms with Gasteiger partial charge in [-0.1, -0.05) is 29.8 Å². The van der Waals surface area contributed by atoms with Gasteiger partial charge in [-0.05, 0) is 13.0 Å². The molecule has 3 nitrogen and oxygen atoms in total. The van der Waals surface area contributed by atoms with Crippen molar-refractivity contribution in [3.8, 4) is 11.3 Å². The Hall–Kier alpha value is -1.39. The van der Waals surface area contributed by atoms with Crippen LogP contribution in [0.3, 0.4) is 0 Å². The van der Waals surface area contributed by atoms with E-state index in [1.54, 1.807) is 6.07 Å². The summed E-state index contributed by atoms with van der Waals surface area (Å²) in [4.78, 5) is 16.5. The Morgan fingerprint density at radius 2 is 2.12 bits per heavy atom. The monoisotopic (exact) mass is 267 g/mol. The van der Waals surface area contributed by atoms with Crippen LogP contribution in [0.2, 0.25) is 5.02 Å². The predicted octanol–water partition coefficient (Wildman–Crippen LogP) is 3.56. The molecule has 0 atom stereocenters. The van der Waals surface area contributed by atoms with E-state index in [-0.39, 0.29) is 5.97 Å². The fraction of sp³-hybridized carbons (Fsp3) is 0.167. The van der Waals surface area contributed by atoms with Gasteiger partial charge >= 0.3 is 5.97 Å². The molecule has 0 saturated carbocycles. The van der Waals surface area contributed by atoms with Gasteiger partial charge in [0.05, 0.1) is 22.8 Å². The maximum atomic E-state index is 11.6. The third-order valence-corrected chi connectivity index (χ3v) is 3.51. The molecule has 0 saturated heterocycles. The lowest BCUT2D eigenvalue weighted by Crippen LogP contribution is -2.00. The minimum Gasteiger partial charge on any atom is -0.465 e. The molecule has 0 fully saturated rings. The average molecular weight is 268 g/mol. The van der Waals surface area contributed by atoms with Crippen LogP contribution in [0, 0.1) is 6.92 Å². The van der Waals surface area contributed by atoms with Crippen molar-refractivity contribution in [2.24, 2.45) is 0 Å². The molecule has 1 aromatic carbocycles. The number of hydrogen-bond donors (Lipinski definition) is 0. The molecule has 2 aromatic rings. The number of esters is 1. The fourth-order valence-corrected chi connectivity index (χ4v) is 2.57. The van der Waals surface area contributed by atoms with Gasteiger partial charge in [-0.25, -0.2) is 9.78 Å². The van der Waals surface area contributed by atoms with Gasteiger partial charge in [0, 0.05) is 5.56 Å². The average Bonchev–Trinajstić information content (AvgIpc) is 2.71. The number of rotatable bonds is 2. The van der Waals surface area contributed by atoms with Crippen molar-refractivity contribution < 1.29 is 9.53 Å². The van der Waals surface area contributed by atoms with E-state index in [1.807, 2.05) is 25.1 Å². The van der Waals surface area contributed by atoms with Crippen molar-refractivity contribution in [2.45, 2.75) is 6.92 Å². The highest BCUT2D eigenvalue weighted by Crippen LogP contribution is 2.33. The zero-order valence-corrected chi connectivity index (χ0v) is 10.9. The van der Waals surface area contributed by atoms with Crippen LogP contribution in [0.25, 0.3) is 11.3 Å². The summed E-state index contributed by atoms with van der Waals surface area (Å²) < 4.78 is 4.74. The highest BCUT2D eigenvalue weighted by Gasteiger charge is 2.19. The molecular formula is C12H10ClNO2S. The van der Waals surface area contributed by atoms with Crippen molar-refractivity contribution in [1.82, 2.24) is 4.98 Å². The molecule has 1 aromatic heterocycles. The van der Waals surface area contributed by atoms with Crippen LogP contribution in [-0.4, -0.2) is 18.1 Å². The number of halogens is 1. The number of methoxy groups -OCH3 is 1. The second-order valence-corrected chi connectivity index (χ2v) is 4.99. The van der Waals surface area contributed by atoms with Crippen molar-refractivity contribution in [3.63, 3.8) is 0 Å². The molecule has 0 radical (unpaired) electrons. The van der Waals surface area contributed by atoms with Crippen LogP contribution < -0.4 is 0 Å². The van der Waals surface area contributed by atoms with Crippen molar-refractivity contribution in [1.29, 1.82) is 0 Å². The van der Waals surface area contributed by atoms with Crippen molar-refractivity contribution in [2.75, 3.05) is 7.11 Å². The van der Waals surface area contributed by atoms with Gasteiger partial charge in [0.15, 0.2) is 0 Å². The smallest absolute Gasteiger partial charge is 0.350 e. The van der Waals surface area contributed by atoms with Gasteiger partial charge in [-0.2, -0.15) is 0 Å². The zero-order chi connectivity index (χ0) is 12.4. The van der Waals surface area contributed by atoms with Crippen LogP contribution in [0.4, 0.5) is 0 Å². The largest absolute Gasteiger partial charge is 0.465 e. The van der Waals surface area contributed by atoms with E-state index in [9.17, 15) is 4.79 Å². The highest BCUT2D eigenvalue weighted by molar-refractivity contribution is 7.14. The van der Waals surface area contributed by atoms with Crippen LogP contribution >= 0.6 is 22.9 Å². The first kappa shape index (κ1) is 12.1. The molecular weight excluding hydrogens is 258 g/mol. The number of carbonyl (C=O) groups is 1. The number of thiazole rings is 1. The molecule has 2 rings (SSSR count). The summed E-state index contributed by atoms with van der Waals surface area (Å²) in [7, 11) is 1.35. The molecule has 17 heavy (non-hydrogen) atoms. The summed E-state index contributed by atoms with van der Waals surface area (Å²) in [5.74, 6) is -0.384. The molecule has 1 heterocycles. The second-order valence-electron chi connectivity index (χ2n) is 3.38. The maximum Gasteiger partial charge on any atom is 0.350 e. The van der Waals surface area contributed by atoms with Crippen molar-refractivity contribution in [3.05, 3.63) is 39.2 Å². The lowest BCUT2D eigenvalue weighted by molar-refractivity contribution is 0.0607. The summed E-state index contributed by atoms with van der Waals surface area (Å²) >= 11 is 7.41. The predicted molar refractivity (Wildman–Crippen MR) is 68.6 cm³/mol. The first-order valence-corrected chi connectivity index (χ1v) is 6.13. The van der Waals surface area contributed by atoms with E-state index in [0.29, 0.717) is 15.6 Å². The summed E-state index contributed by atoms with van der Waals surface area (Å²) in [5, 5.41) is 1.38. The summed E-state index contributed by atoms with van der Waals surface area (Å²) in [6.07, 6.45) is 0. The van der Waals surface area contributed by atoms with Gasteiger partial charge in [-0.3, -0.25) is 0 Å². The van der Waals surface area contributed by atoms with Gasteiger partial charge in [0.2, 0.25) is 0 Å². The van der Waals surface area contributed by atoms with E-state index in [4.69, 9.17) is 16.3 Å². The van der Waals surface area contributed by atoms with Crippen molar-refractivity contribution >= 4 is 28.9 Å². The molecule has 0 unspecified atom stereocenters. The molecule has 5 heteroatoms. The van der Waals surface area contributed by atoms with E-state index < -0.39 is 0 Å². The molecule has 0 bridgehead atoms. The summed E-state index contributed by atoms with van der Waals surface area (Å²) in [6.45, 7) is 1.84. The number of ether oxygens (including phenoxy) is 1. The molecule has 0 amide bonds. The van der Waals surface area contributed by atoms with E-state index in [2.05, 4.69) is 4.98 Å². The lowest BCUT2D eigenvalue weighted by Gasteiger charge is -2.02. The Bertz CT molecular complexity index is 565. The molecule has 0 aliphatic rings. The molecule has 0 spiro atoms. The Kier molecular flexibility index (Phi) is 3.45. The fourth-order valence-electron chi connectivity index (χ4n) is 1.49. The lowest BCUT2D eigenvalue weighted by atomic mass is 10.1. The Balaban J connectivity index is 2.60. The minimum absolute atomic E-state index is 0.384. The number of aryl methyl sites for hydroxylation is 1.